The maximum absolute atomic E-state index is 3.72. The molecule has 0 aliphatic heterocycles. The van der Waals surface area contributed by atoms with Crippen LogP contribution in [0.5, 0.6) is 0 Å². The van der Waals surface area contributed by atoms with Crippen LogP contribution in [-0.2, 0) is 0 Å². The van der Waals surface area contributed by atoms with E-state index < -0.39 is 0 Å². The molecule has 0 saturated heterocycles. The Morgan fingerprint density at radius 1 is 1.27 bits per heavy atom. The van der Waals surface area contributed by atoms with Gasteiger partial charge in [-0.05, 0) is 18.9 Å². The summed E-state index contributed by atoms with van der Waals surface area (Å²) in [5.41, 5.74) is 2.34. The van der Waals surface area contributed by atoms with E-state index >= 15 is 0 Å². The van der Waals surface area contributed by atoms with Crippen LogP contribution < -0.4 is 0 Å². The quantitative estimate of drug-likeness (QED) is 0.534. The molecule has 0 heteroatoms. The normalized spacial score (nSPS) is 12.9. The minimum atomic E-state index is 1.04. The van der Waals surface area contributed by atoms with Crippen LogP contribution in [0.4, 0.5) is 0 Å². The Kier molecular flexibility index (Phi) is 5.18. The van der Waals surface area contributed by atoms with Crippen LogP contribution in [0.25, 0.3) is 0 Å². The summed E-state index contributed by atoms with van der Waals surface area (Å²) in [4.78, 5) is 0. The van der Waals surface area contributed by atoms with Crippen molar-refractivity contribution in [2.75, 3.05) is 0 Å². The first kappa shape index (κ1) is 9.96. The fourth-order valence-electron chi connectivity index (χ4n) is 0.759. The van der Waals surface area contributed by atoms with Crippen molar-refractivity contribution in [1.82, 2.24) is 0 Å². The molecule has 0 spiro atoms. The van der Waals surface area contributed by atoms with Gasteiger partial charge in [0.1, 0.15) is 0 Å². The Bertz CT molecular complexity index is 192. The average molecular weight is 148 g/mol. The molecule has 0 radical (unpaired) electrons. The van der Waals surface area contributed by atoms with Gasteiger partial charge in [-0.25, -0.2) is 0 Å². The lowest BCUT2D eigenvalue weighted by Gasteiger charge is -1.93. The Morgan fingerprint density at radius 3 is 2.27 bits per heavy atom. The molecule has 0 fully saturated rings. The third-order valence-corrected chi connectivity index (χ3v) is 1.39. The molecule has 0 N–H and O–H groups in total. The van der Waals surface area contributed by atoms with Gasteiger partial charge in [-0.1, -0.05) is 50.0 Å². The zero-order valence-corrected chi connectivity index (χ0v) is 7.43. The van der Waals surface area contributed by atoms with Crippen molar-refractivity contribution < 1.29 is 0 Å². The van der Waals surface area contributed by atoms with E-state index in [0.717, 1.165) is 6.42 Å². The molecule has 0 nitrogen and oxygen atoms in total. The van der Waals surface area contributed by atoms with Crippen LogP contribution in [0, 0.1) is 0 Å². The lowest BCUT2D eigenvalue weighted by Crippen LogP contribution is -1.73. The monoisotopic (exact) mass is 148 g/mol. The minimum Gasteiger partial charge on any atom is -0.0988 e. The number of hydrogen-bond donors (Lipinski definition) is 0. The summed E-state index contributed by atoms with van der Waals surface area (Å²) in [7, 11) is 0. The summed E-state index contributed by atoms with van der Waals surface area (Å²) in [6, 6.07) is 0. The predicted molar refractivity (Wildman–Crippen MR) is 52.5 cm³/mol. The van der Waals surface area contributed by atoms with Gasteiger partial charge in [-0.2, -0.15) is 0 Å². The molecule has 0 aliphatic carbocycles. The van der Waals surface area contributed by atoms with E-state index in [1.807, 2.05) is 19.1 Å². The highest BCUT2D eigenvalue weighted by Crippen LogP contribution is 2.04. The molecule has 0 aromatic rings. The van der Waals surface area contributed by atoms with Crippen molar-refractivity contribution in [3.05, 3.63) is 48.6 Å². The second kappa shape index (κ2) is 5.72. The second-order valence-electron chi connectivity index (χ2n) is 2.41. The molecule has 0 aromatic carbocycles. The van der Waals surface area contributed by atoms with Gasteiger partial charge in [-0.3, -0.25) is 0 Å². The highest BCUT2D eigenvalue weighted by Gasteiger charge is 1.84. The second-order valence-corrected chi connectivity index (χ2v) is 2.41. The van der Waals surface area contributed by atoms with Crippen LogP contribution in [-0.4, -0.2) is 0 Å². The number of hydrogen-bond acceptors (Lipinski definition) is 0. The first-order valence-corrected chi connectivity index (χ1v) is 3.88. The third-order valence-electron chi connectivity index (χ3n) is 1.39. The van der Waals surface area contributed by atoms with Crippen molar-refractivity contribution in [3.63, 3.8) is 0 Å². The molecule has 0 rings (SSSR count). The van der Waals surface area contributed by atoms with Crippen LogP contribution in [0.2, 0.25) is 0 Å². The molecule has 0 bridgehead atoms. The van der Waals surface area contributed by atoms with Crippen LogP contribution in [0.3, 0.4) is 0 Å². The van der Waals surface area contributed by atoms with E-state index in [4.69, 9.17) is 0 Å². The molecule has 0 saturated carbocycles. The predicted octanol–water partition coefficient (Wildman–Crippen LogP) is 3.64. The Morgan fingerprint density at radius 2 is 1.91 bits per heavy atom. The highest BCUT2D eigenvalue weighted by molar-refractivity contribution is 5.34. The summed E-state index contributed by atoms with van der Waals surface area (Å²) >= 11 is 0. The third kappa shape index (κ3) is 4.38. The lowest BCUT2D eigenvalue weighted by molar-refractivity contribution is 1.21. The van der Waals surface area contributed by atoms with E-state index in [1.165, 1.54) is 11.1 Å². The molecule has 0 aliphatic rings. The smallest absolute Gasteiger partial charge is 0.0300 e. The Balaban J connectivity index is 4.41. The SMILES string of the molecule is C=CC(C)=CC(C=C)=CCC. The van der Waals surface area contributed by atoms with Gasteiger partial charge in [0.25, 0.3) is 0 Å². The summed E-state index contributed by atoms with van der Waals surface area (Å²) < 4.78 is 0. The van der Waals surface area contributed by atoms with Crippen molar-refractivity contribution in [1.29, 1.82) is 0 Å². The van der Waals surface area contributed by atoms with Crippen LogP contribution >= 0.6 is 0 Å². The van der Waals surface area contributed by atoms with Gasteiger partial charge in [0.15, 0.2) is 0 Å². The van der Waals surface area contributed by atoms with E-state index in [1.54, 1.807) is 0 Å². The van der Waals surface area contributed by atoms with E-state index in [-0.39, 0.29) is 0 Å². The molecular weight excluding hydrogens is 132 g/mol. The van der Waals surface area contributed by atoms with Crippen molar-refractivity contribution >= 4 is 0 Å². The molecular formula is C11H16. The number of allylic oxidation sites excluding steroid dienone is 6. The summed E-state index contributed by atoms with van der Waals surface area (Å²) in [5, 5.41) is 0. The largest absolute Gasteiger partial charge is 0.0988 e. The van der Waals surface area contributed by atoms with E-state index in [2.05, 4.69) is 32.2 Å². The maximum atomic E-state index is 3.72. The molecule has 0 atom stereocenters. The number of rotatable bonds is 4. The zero-order chi connectivity index (χ0) is 8.69. The zero-order valence-electron chi connectivity index (χ0n) is 7.43. The van der Waals surface area contributed by atoms with Crippen LogP contribution in [0.1, 0.15) is 20.3 Å². The molecule has 0 unspecified atom stereocenters. The fraction of sp³-hybridized carbons (Fsp3) is 0.273. The first-order valence-electron chi connectivity index (χ1n) is 3.88. The van der Waals surface area contributed by atoms with Crippen LogP contribution in [0.15, 0.2) is 48.6 Å². The highest BCUT2D eigenvalue weighted by atomic mass is 13.9. The topological polar surface area (TPSA) is 0 Å². The van der Waals surface area contributed by atoms with Gasteiger partial charge >= 0.3 is 0 Å². The summed E-state index contributed by atoms with van der Waals surface area (Å²) in [6.45, 7) is 11.5. The van der Waals surface area contributed by atoms with Gasteiger partial charge < -0.3 is 0 Å². The molecule has 0 heterocycles. The first-order chi connectivity index (χ1) is 5.24. The average Bonchev–Trinajstić information content (AvgIpc) is 2.03. The molecule has 11 heavy (non-hydrogen) atoms. The van der Waals surface area contributed by atoms with E-state index in [0.29, 0.717) is 0 Å². The van der Waals surface area contributed by atoms with Gasteiger partial charge in [0.05, 0.1) is 0 Å². The Labute approximate surface area is 69.6 Å². The Hall–Kier alpha value is -1.04. The molecule has 60 valence electrons. The fourth-order valence-corrected chi connectivity index (χ4v) is 0.759. The van der Waals surface area contributed by atoms with Crippen molar-refractivity contribution in [2.45, 2.75) is 20.3 Å². The summed E-state index contributed by atoms with van der Waals surface area (Å²) in [6.07, 6.45) is 8.95. The maximum Gasteiger partial charge on any atom is -0.0300 e. The minimum absolute atomic E-state index is 1.04. The van der Waals surface area contributed by atoms with Crippen molar-refractivity contribution in [3.8, 4) is 0 Å². The van der Waals surface area contributed by atoms with Gasteiger partial charge in [0.2, 0.25) is 0 Å². The lowest BCUT2D eigenvalue weighted by atomic mass is 10.1. The standard InChI is InChI=1S/C11H16/c1-5-8-11(7-3)9-10(4)6-2/h6-9H,2-3,5H2,1,4H3. The molecule has 0 aromatic heterocycles. The summed E-state index contributed by atoms with van der Waals surface area (Å²) in [5.74, 6) is 0. The molecule has 0 amide bonds. The van der Waals surface area contributed by atoms with E-state index in [9.17, 15) is 0 Å². The van der Waals surface area contributed by atoms with Crippen molar-refractivity contribution in [2.24, 2.45) is 0 Å². The van der Waals surface area contributed by atoms with Gasteiger partial charge in [0, 0.05) is 0 Å². The van der Waals surface area contributed by atoms with Gasteiger partial charge in [-0.15, -0.1) is 0 Å².